The molecule has 1 aromatic rings. The molecular formula is C13H21NO3S. The molecule has 0 saturated carbocycles. The van der Waals surface area contributed by atoms with Crippen molar-refractivity contribution in [3.8, 4) is 5.75 Å². The zero-order valence-electron chi connectivity index (χ0n) is 11.1. The highest BCUT2D eigenvalue weighted by Gasteiger charge is 2.12. The molecule has 1 atom stereocenters. The third kappa shape index (κ3) is 5.51. The van der Waals surface area contributed by atoms with E-state index in [2.05, 4.69) is 13.8 Å². The van der Waals surface area contributed by atoms with Crippen LogP contribution in [0.1, 0.15) is 32.3 Å². The summed E-state index contributed by atoms with van der Waals surface area (Å²) in [5.74, 6) is 1.03. The molecule has 1 unspecified atom stereocenters. The van der Waals surface area contributed by atoms with E-state index in [0.29, 0.717) is 12.5 Å². The Balaban J connectivity index is 2.56. The van der Waals surface area contributed by atoms with Crippen molar-refractivity contribution in [1.82, 2.24) is 0 Å². The predicted molar refractivity (Wildman–Crippen MR) is 73.2 cm³/mol. The van der Waals surface area contributed by atoms with Crippen LogP contribution in [0, 0.1) is 5.92 Å². The second-order valence-corrected chi connectivity index (χ2v) is 6.63. The monoisotopic (exact) mass is 271 g/mol. The Morgan fingerprint density at radius 3 is 2.50 bits per heavy atom. The summed E-state index contributed by atoms with van der Waals surface area (Å²) in [5.41, 5.74) is 1.20. The zero-order chi connectivity index (χ0) is 13.8. The number of hydrogen-bond donors (Lipinski definition) is 1. The van der Waals surface area contributed by atoms with Gasteiger partial charge in [-0.15, -0.1) is 0 Å². The van der Waals surface area contributed by atoms with Gasteiger partial charge in [-0.2, -0.15) is 0 Å². The van der Waals surface area contributed by atoms with Gasteiger partial charge in [0, 0.05) is 5.92 Å². The van der Waals surface area contributed by atoms with E-state index >= 15 is 0 Å². The van der Waals surface area contributed by atoms with E-state index in [1.165, 1.54) is 5.56 Å². The van der Waals surface area contributed by atoms with Gasteiger partial charge in [0.05, 0.1) is 12.4 Å². The second-order valence-electron chi connectivity index (χ2n) is 4.97. The number of nitrogens with two attached hydrogens (primary N) is 1. The fraction of sp³-hybridized carbons (Fsp3) is 0.538. The van der Waals surface area contributed by atoms with Crippen LogP contribution in [0.15, 0.2) is 24.3 Å². The molecule has 0 fully saturated rings. The minimum Gasteiger partial charge on any atom is -0.493 e. The van der Waals surface area contributed by atoms with Crippen LogP contribution in [-0.2, 0) is 10.0 Å². The van der Waals surface area contributed by atoms with Gasteiger partial charge in [0.25, 0.3) is 0 Å². The first-order valence-electron chi connectivity index (χ1n) is 6.01. The van der Waals surface area contributed by atoms with Crippen molar-refractivity contribution in [3.05, 3.63) is 29.8 Å². The van der Waals surface area contributed by atoms with Crippen LogP contribution in [0.4, 0.5) is 0 Å². The number of benzene rings is 1. The van der Waals surface area contributed by atoms with Crippen LogP contribution in [0.5, 0.6) is 5.75 Å². The summed E-state index contributed by atoms with van der Waals surface area (Å²) in [6, 6.07) is 7.84. The lowest BCUT2D eigenvalue weighted by Gasteiger charge is -2.13. The molecule has 0 spiro atoms. The molecule has 0 saturated heterocycles. The first-order chi connectivity index (χ1) is 8.28. The fourth-order valence-corrected chi connectivity index (χ4v) is 2.54. The van der Waals surface area contributed by atoms with Crippen LogP contribution >= 0.6 is 0 Å². The third-order valence-electron chi connectivity index (χ3n) is 2.58. The molecule has 0 aromatic heterocycles. The lowest BCUT2D eigenvalue weighted by molar-refractivity contribution is 0.271. The van der Waals surface area contributed by atoms with E-state index in [4.69, 9.17) is 9.88 Å². The molecule has 0 amide bonds. The van der Waals surface area contributed by atoms with Gasteiger partial charge in [-0.1, -0.05) is 32.9 Å². The largest absolute Gasteiger partial charge is 0.493 e. The first-order valence-corrected chi connectivity index (χ1v) is 7.72. The van der Waals surface area contributed by atoms with Crippen molar-refractivity contribution in [3.63, 3.8) is 0 Å². The highest BCUT2D eigenvalue weighted by atomic mass is 32.2. The lowest BCUT2D eigenvalue weighted by atomic mass is 10.0. The molecule has 0 aliphatic heterocycles. The van der Waals surface area contributed by atoms with Gasteiger partial charge in [0.15, 0.2) is 0 Å². The quantitative estimate of drug-likeness (QED) is 0.861. The average Bonchev–Trinajstić information content (AvgIpc) is 2.24. The van der Waals surface area contributed by atoms with E-state index in [0.717, 1.165) is 5.75 Å². The maximum Gasteiger partial charge on any atom is 0.209 e. The molecule has 1 aromatic carbocycles. The molecular weight excluding hydrogens is 250 g/mol. The van der Waals surface area contributed by atoms with Crippen LogP contribution < -0.4 is 9.88 Å². The number of sulfonamides is 1. The predicted octanol–water partition coefficient (Wildman–Crippen LogP) is 2.11. The molecule has 5 heteroatoms. The maximum absolute atomic E-state index is 10.9. The maximum atomic E-state index is 10.9. The Morgan fingerprint density at radius 2 is 1.94 bits per heavy atom. The van der Waals surface area contributed by atoms with E-state index in [1.807, 2.05) is 24.3 Å². The fourth-order valence-electron chi connectivity index (χ4n) is 1.65. The summed E-state index contributed by atoms with van der Waals surface area (Å²) < 4.78 is 27.4. The van der Waals surface area contributed by atoms with Crippen molar-refractivity contribution in [1.29, 1.82) is 0 Å². The molecule has 18 heavy (non-hydrogen) atoms. The van der Waals surface area contributed by atoms with Crippen LogP contribution in [0.2, 0.25) is 0 Å². The molecule has 0 heterocycles. The number of ether oxygens (including phenoxy) is 1. The SMILES string of the molecule is CC(COc1cccc(C(C)C)c1)CS(N)(=O)=O. The van der Waals surface area contributed by atoms with Gasteiger partial charge in [-0.25, -0.2) is 13.6 Å². The van der Waals surface area contributed by atoms with Gasteiger partial charge in [-0.05, 0) is 23.6 Å². The van der Waals surface area contributed by atoms with E-state index < -0.39 is 10.0 Å². The first kappa shape index (κ1) is 15.0. The van der Waals surface area contributed by atoms with Gasteiger partial charge < -0.3 is 4.74 Å². The standard InChI is InChI=1S/C13H21NO3S/c1-10(2)12-5-4-6-13(7-12)17-8-11(3)9-18(14,15)16/h4-7,10-11H,8-9H2,1-3H3,(H2,14,15,16). The molecule has 0 aliphatic rings. The normalized spacial score (nSPS) is 13.6. The Bertz CT molecular complexity index is 483. The minimum absolute atomic E-state index is 0.0587. The Kier molecular flexibility index (Phi) is 5.16. The van der Waals surface area contributed by atoms with Crippen molar-refractivity contribution in [2.75, 3.05) is 12.4 Å². The summed E-state index contributed by atoms with van der Waals surface area (Å²) >= 11 is 0. The summed E-state index contributed by atoms with van der Waals surface area (Å²) in [6.45, 7) is 6.38. The smallest absolute Gasteiger partial charge is 0.209 e. The van der Waals surface area contributed by atoms with Gasteiger partial charge >= 0.3 is 0 Å². The summed E-state index contributed by atoms with van der Waals surface area (Å²) in [4.78, 5) is 0. The second kappa shape index (κ2) is 6.20. The van der Waals surface area contributed by atoms with E-state index in [9.17, 15) is 8.42 Å². The van der Waals surface area contributed by atoms with E-state index in [-0.39, 0.29) is 11.7 Å². The molecule has 2 N–H and O–H groups in total. The Hall–Kier alpha value is -1.07. The zero-order valence-corrected chi connectivity index (χ0v) is 11.9. The molecule has 102 valence electrons. The van der Waals surface area contributed by atoms with Crippen LogP contribution in [0.25, 0.3) is 0 Å². The number of primary sulfonamides is 1. The molecule has 0 radical (unpaired) electrons. The van der Waals surface area contributed by atoms with Crippen LogP contribution in [-0.4, -0.2) is 20.8 Å². The topological polar surface area (TPSA) is 69.4 Å². The Morgan fingerprint density at radius 1 is 1.28 bits per heavy atom. The lowest BCUT2D eigenvalue weighted by Crippen LogP contribution is -2.25. The van der Waals surface area contributed by atoms with E-state index in [1.54, 1.807) is 6.92 Å². The van der Waals surface area contributed by atoms with Crippen molar-refractivity contribution in [2.45, 2.75) is 26.7 Å². The van der Waals surface area contributed by atoms with Gasteiger partial charge in [0.2, 0.25) is 10.0 Å². The third-order valence-corrected chi connectivity index (χ3v) is 3.61. The van der Waals surface area contributed by atoms with Crippen molar-refractivity contribution < 1.29 is 13.2 Å². The molecule has 1 rings (SSSR count). The number of hydrogen-bond acceptors (Lipinski definition) is 3. The average molecular weight is 271 g/mol. The van der Waals surface area contributed by atoms with Crippen molar-refractivity contribution >= 4 is 10.0 Å². The minimum atomic E-state index is -3.43. The summed E-state index contributed by atoms with van der Waals surface area (Å²) in [7, 11) is -3.43. The highest BCUT2D eigenvalue weighted by molar-refractivity contribution is 7.89. The highest BCUT2D eigenvalue weighted by Crippen LogP contribution is 2.20. The Labute approximate surface area is 109 Å². The molecule has 4 nitrogen and oxygen atoms in total. The molecule has 0 bridgehead atoms. The molecule has 0 aliphatic carbocycles. The summed E-state index contributed by atoms with van der Waals surface area (Å²) in [6.07, 6.45) is 0. The van der Waals surface area contributed by atoms with Gasteiger partial charge in [-0.3, -0.25) is 0 Å². The van der Waals surface area contributed by atoms with Gasteiger partial charge in [0.1, 0.15) is 5.75 Å². The number of rotatable bonds is 6. The van der Waals surface area contributed by atoms with Crippen molar-refractivity contribution in [2.24, 2.45) is 11.1 Å². The van der Waals surface area contributed by atoms with Crippen LogP contribution in [0.3, 0.4) is 0 Å². The summed E-state index contributed by atoms with van der Waals surface area (Å²) in [5, 5.41) is 4.99.